The van der Waals surface area contributed by atoms with Crippen LogP contribution in [0, 0.1) is 0 Å². The molecule has 0 aromatic carbocycles. The maximum atomic E-state index is 11.3. The van der Waals surface area contributed by atoms with Gasteiger partial charge in [-0.05, 0) is 22.4 Å². The molecule has 0 aliphatic heterocycles. The van der Waals surface area contributed by atoms with Gasteiger partial charge < -0.3 is 21.5 Å². The van der Waals surface area contributed by atoms with Gasteiger partial charge in [0.15, 0.2) is 0 Å². The Morgan fingerprint density at radius 3 is 2.76 bits per heavy atom. The van der Waals surface area contributed by atoms with Gasteiger partial charge in [-0.2, -0.15) is 11.3 Å². The summed E-state index contributed by atoms with van der Waals surface area (Å²) in [5.41, 5.74) is 5.83. The minimum absolute atomic E-state index is 0.119. The zero-order valence-corrected chi connectivity index (χ0v) is 10.00. The molecule has 1 unspecified atom stereocenters. The lowest BCUT2D eigenvalue weighted by molar-refractivity contribution is -0.125. The first kappa shape index (κ1) is 13.6. The van der Waals surface area contributed by atoms with E-state index in [1.807, 2.05) is 10.8 Å². The van der Waals surface area contributed by atoms with Crippen LogP contribution in [-0.4, -0.2) is 36.6 Å². The zero-order valence-electron chi connectivity index (χ0n) is 9.18. The van der Waals surface area contributed by atoms with Crippen molar-refractivity contribution in [2.75, 3.05) is 19.6 Å². The Morgan fingerprint density at radius 2 is 2.18 bits per heavy atom. The number of amides is 2. The van der Waals surface area contributed by atoms with Crippen molar-refractivity contribution in [3.05, 3.63) is 22.4 Å². The fourth-order valence-corrected chi connectivity index (χ4v) is 1.81. The van der Waals surface area contributed by atoms with Crippen LogP contribution in [0.25, 0.3) is 0 Å². The Morgan fingerprint density at radius 1 is 1.41 bits per heavy atom. The molecule has 17 heavy (non-hydrogen) atoms. The van der Waals surface area contributed by atoms with Gasteiger partial charge in [0.2, 0.25) is 11.8 Å². The number of carbonyl (C=O) groups is 2. The zero-order chi connectivity index (χ0) is 12.7. The van der Waals surface area contributed by atoms with Gasteiger partial charge in [0, 0.05) is 6.54 Å². The summed E-state index contributed by atoms with van der Waals surface area (Å²) in [6.45, 7) is -0.161. The lowest BCUT2D eigenvalue weighted by Gasteiger charge is -2.10. The first-order valence-corrected chi connectivity index (χ1v) is 6.01. The van der Waals surface area contributed by atoms with Crippen LogP contribution in [0.15, 0.2) is 16.8 Å². The van der Waals surface area contributed by atoms with Crippen LogP contribution in [0.3, 0.4) is 0 Å². The molecule has 94 valence electrons. The van der Waals surface area contributed by atoms with Gasteiger partial charge in [0.25, 0.3) is 0 Å². The molecular weight excluding hydrogens is 242 g/mol. The minimum atomic E-state index is -0.726. The lowest BCUT2D eigenvalue weighted by atomic mass is 10.2. The van der Waals surface area contributed by atoms with E-state index in [0.29, 0.717) is 0 Å². The van der Waals surface area contributed by atoms with E-state index in [2.05, 4.69) is 10.6 Å². The van der Waals surface area contributed by atoms with E-state index < -0.39 is 12.0 Å². The van der Waals surface area contributed by atoms with Crippen LogP contribution in [0.5, 0.6) is 0 Å². The summed E-state index contributed by atoms with van der Waals surface area (Å²) in [6.07, 6.45) is -0.726. The molecule has 1 rings (SSSR count). The Hall–Kier alpha value is -1.44. The van der Waals surface area contributed by atoms with E-state index in [1.165, 1.54) is 11.3 Å². The minimum Gasteiger partial charge on any atom is -0.387 e. The number of nitrogens with two attached hydrogens (primary N) is 1. The number of aliphatic hydroxyl groups excluding tert-OH is 1. The molecule has 1 aromatic rings. The van der Waals surface area contributed by atoms with E-state index in [1.54, 1.807) is 6.07 Å². The third-order valence-corrected chi connectivity index (χ3v) is 2.75. The van der Waals surface area contributed by atoms with E-state index in [9.17, 15) is 14.7 Å². The first-order chi connectivity index (χ1) is 8.13. The van der Waals surface area contributed by atoms with Gasteiger partial charge >= 0.3 is 0 Å². The van der Waals surface area contributed by atoms with Crippen molar-refractivity contribution in [2.24, 2.45) is 5.73 Å². The number of rotatable bonds is 6. The van der Waals surface area contributed by atoms with Crippen molar-refractivity contribution < 1.29 is 14.7 Å². The highest BCUT2D eigenvalue weighted by molar-refractivity contribution is 7.07. The number of thiophene rings is 1. The molecule has 1 heterocycles. The number of hydrogen-bond acceptors (Lipinski definition) is 5. The standard InChI is InChI=1S/C10H15N3O3S/c11-3-9(15)13-5-10(16)12-4-8(14)7-1-2-17-6-7/h1-2,6,8,14H,3-5,11H2,(H,12,16)(H,13,15). The van der Waals surface area contributed by atoms with E-state index in [-0.39, 0.29) is 25.5 Å². The van der Waals surface area contributed by atoms with Crippen LogP contribution >= 0.6 is 11.3 Å². The van der Waals surface area contributed by atoms with Gasteiger partial charge in [-0.15, -0.1) is 0 Å². The van der Waals surface area contributed by atoms with Crippen LogP contribution in [-0.2, 0) is 9.59 Å². The summed E-state index contributed by atoms with van der Waals surface area (Å²) in [7, 11) is 0. The monoisotopic (exact) mass is 257 g/mol. The Balaban J connectivity index is 2.22. The number of nitrogens with one attached hydrogen (secondary N) is 2. The average Bonchev–Trinajstić information content (AvgIpc) is 2.86. The second kappa shape index (κ2) is 7.00. The number of carbonyl (C=O) groups excluding carboxylic acids is 2. The normalized spacial score (nSPS) is 11.9. The fraction of sp³-hybridized carbons (Fsp3) is 0.400. The molecule has 0 aliphatic rings. The predicted molar refractivity (Wildman–Crippen MR) is 64.4 cm³/mol. The van der Waals surface area contributed by atoms with Crippen molar-refractivity contribution in [1.82, 2.24) is 10.6 Å². The summed E-state index contributed by atoms with van der Waals surface area (Å²) in [4.78, 5) is 22.0. The highest BCUT2D eigenvalue weighted by Crippen LogP contribution is 2.14. The quantitative estimate of drug-likeness (QED) is 0.523. The maximum absolute atomic E-state index is 11.3. The van der Waals surface area contributed by atoms with E-state index in [0.717, 1.165) is 5.56 Å². The molecule has 7 heteroatoms. The highest BCUT2D eigenvalue weighted by Gasteiger charge is 2.10. The third-order valence-electron chi connectivity index (χ3n) is 2.05. The number of hydrogen-bond donors (Lipinski definition) is 4. The molecule has 1 atom stereocenters. The smallest absolute Gasteiger partial charge is 0.239 e. The van der Waals surface area contributed by atoms with E-state index >= 15 is 0 Å². The van der Waals surface area contributed by atoms with Gasteiger partial charge in [0.05, 0.1) is 19.2 Å². The van der Waals surface area contributed by atoms with Crippen molar-refractivity contribution in [2.45, 2.75) is 6.10 Å². The van der Waals surface area contributed by atoms with Gasteiger partial charge in [-0.3, -0.25) is 9.59 Å². The summed E-state index contributed by atoms with van der Waals surface area (Å²) in [6, 6.07) is 1.79. The largest absolute Gasteiger partial charge is 0.387 e. The van der Waals surface area contributed by atoms with Crippen LogP contribution in [0.4, 0.5) is 0 Å². The third kappa shape index (κ3) is 4.94. The average molecular weight is 257 g/mol. The van der Waals surface area contributed by atoms with Gasteiger partial charge in [-0.25, -0.2) is 0 Å². The summed E-state index contributed by atoms with van der Waals surface area (Å²) >= 11 is 1.48. The molecule has 0 aliphatic carbocycles. The molecule has 0 saturated carbocycles. The topological polar surface area (TPSA) is 104 Å². The summed E-state index contributed by atoms with van der Waals surface area (Å²) in [5.74, 6) is -0.750. The second-order valence-electron chi connectivity index (χ2n) is 3.36. The molecule has 1 aromatic heterocycles. The first-order valence-electron chi connectivity index (χ1n) is 5.07. The van der Waals surface area contributed by atoms with Crippen molar-refractivity contribution in [1.29, 1.82) is 0 Å². The van der Waals surface area contributed by atoms with Crippen LogP contribution < -0.4 is 16.4 Å². The van der Waals surface area contributed by atoms with Crippen molar-refractivity contribution in [3.63, 3.8) is 0 Å². The van der Waals surface area contributed by atoms with Crippen LogP contribution in [0.1, 0.15) is 11.7 Å². The molecule has 2 amide bonds. The summed E-state index contributed by atoms with van der Waals surface area (Å²) in [5, 5.41) is 18.2. The molecule has 0 radical (unpaired) electrons. The van der Waals surface area contributed by atoms with Crippen molar-refractivity contribution in [3.8, 4) is 0 Å². The predicted octanol–water partition coefficient (Wildman–Crippen LogP) is -1.03. The molecule has 0 spiro atoms. The van der Waals surface area contributed by atoms with Crippen LogP contribution in [0.2, 0.25) is 0 Å². The Bertz CT molecular complexity index is 367. The molecule has 0 bridgehead atoms. The molecule has 6 nitrogen and oxygen atoms in total. The molecular formula is C10H15N3O3S. The molecule has 5 N–H and O–H groups in total. The van der Waals surface area contributed by atoms with E-state index in [4.69, 9.17) is 5.73 Å². The Labute approximate surface area is 103 Å². The lowest BCUT2D eigenvalue weighted by Crippen LogP contribution is -2.40. The van der Waals surface area contributed by atoms with Gasteiger partial charge in [0.1, 0.15) is 0 Å². The second-order valence-corrected chi connectivity index (χ2v) is 4.14. The number of aliphatic hydroxyl groups is 1. The maximum Gasteiger partial charge on any atom is 0.239 e. The molecule has 0 saturated heterocycles. The van der Waals surface area contributed by atoms with Crippen molar-refractivity contribution >= 4 is 23.2 Å². The van der Waals surface area contributed by atoms with Gasteiger partial charge in [-0.1, -0.05) is 0 Å². The summed E-state index contributed by atoms with van der Waals surface area (Å²) < 4.78 is 0. The highest BCUT2D eigenvalue weighted by atomic mass is 32.1. The SMILES string of the molecule is NCC(=O)NCC(=O)NCC(O)c1ccsc1. The Kier molecular flexibility index (Phi) is 5.61. The fourth-order valence-electron chi connectivity index (χ4n) is 1.11. The molecule has 0 fully saturated rings.